The van der Waals surface area contributed by atoms with E-state index in [9.17, 15) is 4.79 Å². The van der Waals surface area contributed by atoms with Gasteiger partial charge in [-0.15, -0.1) is 0 Å². The van der Waals surface area contributed by atoms with Crippen LogP contribution >= 0.6 is 0 Å². The molecule has 1 saturated heterocycles. The summed E-state index contributed by atoms with van der Waals surface area (Å²) in [5, 5.41) is 3.30. The van der Waals surface area contributed by atoms with Gasteiger partial charge in [-0.05, 0) is 66.3 Å². The maximum absolute atomic E-state index is 11.7. The van der Waals surface area contributed by atoms with E-state index in [1.165, 1.54) is 12.8 Å². The Balaban J connectivity index is 2.39. The van der Waals surface area contributed by atoms with E-state index in [-0.39, 0.29) is 5.91 Å². The first-order valence-electron chi connectivity index (χ1n) is 7.82. The predicted octanol–water partition coefficient (Wildman–Crippen LogP) is 0.646. The van der Waals surface area contributed by atoms with Crippen molar-refractivity contribution in [1.29, 1.82) is 0 Å². The van der Waals surface area contributed by atoms with Crippen LogP contribution in [0.5, 0.6) is 0 Å². The lowest BCUT2D eigenvalue weighted by Crippen LogP contribution is -2.55. The van der Waals surface area contributed by atoms with Crippen molar-refractivity contribution in [3.63, 3.8) is 0 Å². The summed E-state index contributed by atoms with van der Waals surface area (Å²) in [5.41, 5.74) is 4.99. The highest BCUT2D eigenvalue weighted by molar-refractivity contribution is 5.84. The molecular weight excluding hydrogens is 252 g/mol. The van der Waals surface area contributed by atoms with Gasteiger partial charge in [0.05, 0.1) is 5.54 Å². The second kappa shape index (κ2) is 7.96. The number of amides is 1. The molecule has 0 aromatic carbocycles. The molecule has 1 fully saturated rings. The van der Waals surface area contributed by atoms with Crippen LogP contribution in [0.4, 0.5) is 0 Å². The standard InChI is InChI=1S/C15H32N4O/c1-5-9-17-15(2,14(16)20)8-12-19-10-6-13(7-11-19)18(3)4/h13,17H,5-12H2,1-4H3,(H2,16,20). The second-order valence-electron chi connectivity index (χ2n) is 6.41. The minimum atomic E-state index is -0.575. The fourth-order valence-electron chi connectivity index (χ4n) is 2.74. The van der Waals surface area contributed by atoms with E-state index in [0.29, 0.717) is 6.04 Å². The smallest absolute Gasteiger partial charge is 0.237 e. The number of nitrogens with one attached hydrogen (secondary N) is 1. The van der Waals surface area contributed by atoms with E-state index in [2.05, 4.69) is 36.1 Å². The van der Waals surface area contributed by atoms with Crippen molar-refractivity contribution in [2.24, 2.45) is 5.73 Å². The van der Waals surface area contributed by atoms with Gasteiger partial charge in [-0.2, -0.15) is 0 Å². The quantitative estimate of drug-likeness (QED) is 0.687. The molecular formula is C15H32N4O. The summed E-state index contributed by atoms with van der Waals surface area (Å²) in [7, 11) is 4.30. The molecule has 118 valence electrons. The minimum Gasteiger partial charge on any atom is -0.368 e. The molecule has 1 heterocycles. The number of piperidine rings is 1. The number of hydrogen-bond acceptors (Lipinski definition) is 4. The summed E-state index contributed by atoms with van der Waals surface area (Å²) >= 11 is 0. The fraction of sp³-hybridized carbons (Fsp3) is 0.933. The Morgan fingerprint density at radius 1 is 1.40 bits per heavy atom. The predicted molar refractivity (Wildman–Crippen MR) is 83.7 cm³/mol. The lowest BCUT2D eigenvalue weighted by molar-refractivity contribution is -0.124. The third kappa shape index (κ3) is 5.04. The van der Waals surface area contributed by atoms with Crippen LogP contribution in [0.2, 0.25) is 0 Å². The number of rotatable bonds is 8. The lowest BCUT2D eigenvalue weighted by Gasteiger charge is -2.37. The van der Waals surface area contributed by atoms with Crippen LogP contribution < -0.4 is 11.1 Å². The van der Waals surface area contributed by atoms with Crippen LogP contribution in [0.1, 0.15) is 39.5 Å². The first-order valence-corrected chi connectivity index (χ1v) is 7.82. The number of likely N-dealkylation sites (tertiary alicyclic amines) is 1. The summed E-state index contributed by atoms with van der Waals surface area (Å²) < 4.78 is 0. The molecule has 1 aliphatic heterocycles. The molecule has 5 heteroatoms. The van der Waals surface area contributed by atoms with Gasteiger partial charge in [-0.3, -0.25) is 4.79 Å². The number of hydrogen-bond donors (Lipinski definition) is 2. The Bertz CT molecular complexity index is 300. The molecule has 0 saturated carbocycles. The number of primary amides is 1. The first-order chi connectivity index (χ1) is 9.39. The van der Waals surface area contributed by atoms with Gasteiger partial charge in [-0.1, -0.05) is 6.92 Å². The zero-order valence-corrected chi connectivity index (χ0v) is 13.6. The normalized spacial score (nSPS) is 21.1. The molecule has 3 N–H and O–H groups in total. The van der Waals surface area contributed by atoms with Crippen LogP contribution in [0.15, 0.2) is 0 Å². The van der Waals surface area contributed by atoms with Crippen molar-refractivity contribution < 1.29 is 4.79 Å². The summed E-state index contributed by atoms with van der Waals surface area (Å²) in [6.07, 6.45) is 4.22. The first kappa shape index (κ1) is 17.4. The van der Waals surface area contributed by atoms with Crippen molar-refractivity contribution >= 4 is 5.91 Å². The van der Waals surface area contributed by atoms with Gasteiger partial charge >= 0.3 is 0 Å². The van der Waals surface area contributed by atoms with Crippen LogP contribution in [0, 0.1) is 0 Å². The summed E-state index contributed by atoms with van der Waals surface area (Å²) in [6, 6.07) is 0.701. The van der Waals surface area contributed by atoms with Crippen molar-refractivity contribution in [3.05, 3.63) is 0 Å². The molecule has 0 radical (unpaired) electrons. The number of carbonyl (C=O) groups excluding carboxylic acids is 1. The second-order valence-corrected chi connectivity index (χ2v) is 6.41. The third-order valence-electron chi connectivity index (χ3n) is 4.52. The highest BCUT2D eigenvalue weighted by Crippen LogP contribution is 2.17. The van der Waals surface area contributed by atoms with Crippen LogP contribution in [0.3, 0.4) is 0 Å². The van der Waals surface area contributed by atoms with E-state index in [4.69, 9.17) is 5.73 Å². The zero-order valence-electron chi connectivity index (χ0n) is 13.6. The fourth-order valence-corrected chi connectivity index (χ4v) is 2.74. The van der Waals surface area contributed by atoms with Gasteiger partial charge in [0, 0.05) is 12.6 Å². The van der Waals surface area contributed by atoms with E-state index in [0.717, 1.165) is 39.0 Å². The van der Waals surface area contributed by atoms with Gasteiger partial charge in [0.15, 0.2) is 0 Å². The minimum absolute atomic E-state index is 0.242. The average Bonchev–Trinajstić information content (AvgIpc) is 2.43. The highest BCUT2D eigenvalue weighted by atomic mass is 16.1. The molecule has 0 bridgehead atoms. The molecule has 20 heavy (non-hydrogen) atoms. The van der Waals surface area contributed by atoms with Crippen LogP contribution in [-0.4, -0.2) is 67.6 Å². The van der Waals surface area contributed by atoms with Crippen molar-refractivity contribution in [2.45, 2.75) is 51.1 Å². The average molecular weight is 284 g/mol. The molecule has 0 aromatic heterocycles. The summed E-state index contributed by atoms with van der Waals surface area (Å²) in [5.74, 6) is -0.242. The molecule has 0 aliphatic carbocycles. The van der Waals surface area contributed by atoms with Gasteiger partial charge in [-0.25, -0.2) is 0 Å². The largest absolute Gasteiger partial charge is 0.368 e. The van der Waals surface area contributed by atoms with Gasteiger partial charge < -0.3 is 20.9 Å². The summed E-state index contributed by atoms with van der Waals surface area (Å²) in [6.45, 7) is 8.04. The Hall–Kier alpha value is -0.650. The van der Waals surface area contributed by atoms with E-state index in [1.807, 2.05) is 6.92 Å². The van der Waals surface area contributed by atoms with Crippen molar-refractivity contribution in [3.8, 4) is 0 Å². The Labute approximate surface area is 123 Å². The van der Waals surface area contributed by atoms with E-state index < -0.39 is 5.54 Å². The lowest BCUT2D eigenvalue weighted by atomic mass is 9.95. The topological polar surface area (TPSA) is 61.6 Å². The molecule has 1 amide bonds. The monoisotopic (exact) mass is 284 g/mol. The molecule has 1 unspecified atom stereocenters. The van der Waals surface area contributed by atoms with Crippen LogP contribution in [0.25, 0.3) is 0 Å². The van der Waals surface area contributed by atoms with Gasteiger partial charge in [0.1, 0.15) is 0 Å². The SMILES string of the molecule is CCCNC(C)(CCN1CCC(N(C)C)CC1)C(N)=O. The molecule has 1 aliphatic rings. The molecule has 1 rings (SSSR count). The Kier molecular flexibility index (Phi) is 6.92. The molecule has 0 aromatic rings. The number of carbonyl (C=O) groups is 1. The Morgan fingerprint density at radius 2 is 2.00 bits per heavy atom. The van der Waals surface area contributed by atoms with Crippen molar-refractivity contribution in [2.75, 3.05) is 40.3 Å². The highest BCUT2D eigenvalue weighted by Gasteiger charge is 2.31. The maximum atomic E-state index is 11.7. The van der Waals surface area contributed by atoms with Gasteiger partial charge in [0.25, 0.3) is 0 Å². The molecule has 1 atom stereocenters. The zero-order chi connectivity index (χ0) is 15.2. The van der Waals surface area contributed by atoms with E-state index >= 15 is 0 Å². The van der Waals surface area contributed by atoms with Crippen molar-refractivity contribution in [1.82, 2.24) is 15.1 Å². The van der Waals surface area contributed by atoms with E-state index in [1.54, 1.807) is 0 Å². The summed E-state index contributed by atoms with van der Waals surface area (Å²) in [4.78, 5) is 16.4. The third-order valence-corrected chi connectivity index (χ3v) is 4.52. The van der Waals surface area contributed by atoms with Gasteiger partial charge in [0.2, 0.25) is 5.91 Å². The number of nitrogens with two attached hydrogens (primary N) is 1. The molecule has 5 nitrogen and oxygen atoms in total. The van der Waals surface area contributed by atoms with Crippen LogP contribution in [-0.2, 0) is 4.79 Å². The molecule has 0 spiro atoms. The maximum Gasteiger partial charge on any atom is 0.237 e. The number of nitrogens with zero attached hydrogens (tertiary/aromatic N) is 2. The Morgan fingerprint density at radius 3 is 2.45 bits per heavy atom.